The van der Waals surface area contributed by atoms with Gasteiger partial charge in [-0.25, -0.2) is 0 Å². The summed E-state index contributed by atoms with van der Waals surface area (Å²) in [4.78, 5) is 0. The highest BCUT2D eigenvalue weighted by molar-refractivity contribution is 5.56. The van der Waals surface area contributed by atoms with Crippen molar-refractivity contribution in [2.45, 2.75) is 42.9 Å². The number of benzene rings is 2. The fourth-order valence-corrected chi connectivity index (χ4v) is 4.00. The first kappa shape index (κ1) is 30.6. The molecule has 0 bridgehead atoms. The molecule has 2 aromatic carbocycles. The number of aliphatic hydroxyl groups is 6. The Hall–Kier alpha value is -2.94. The quantitative estimate of drug-likeness (QED) is 0.197. The predicted octanol–water partition coefficient (Wildman–Crippen LogP) is 0.0154. The van der Waals surface area contributed by atoms with Crippen LogP contribution in [-0.2, 0) is 9.47 Å². The average Bonchev–Trinajstić information content (AvgIpc) is 2.96. The van der Waals surface area contributed by atoms with Crippen molar-refractivity contribution in [2.75, 3.05) is 41.2 Å². The first-order chi connectivity index (χ1) is 18.8. The Labute approximate surface area is 226 Å². The van der Waals surface area contributed by atoms with Gasteiger partial charge in [-0.1, -0.05) is 24.3 Å². The third-order valence-corrected chi connectivity index (χ3v) is 6.19. The minimum atomic E-state index is -1.61. The molecule has 12 heteroatoms. The smallest absolute Gasteiger partial charge is 0.229 e. The first-order valence-electron chi connectivity index (χ1n) is 12.2. The van der Waals surface area contributed by atoms with E-state index in [4.69, 9.17) is 28.4 Å². The van der Waals surface area contributed by atoms with Crippen LogP contribution in [0.25, 0.3) is 6.08 Å². The van der Waals surface area contributed by atoms with E-state index in [1.807, 2.05) is 12.2 Å². The topological polar surface area (TPSA) is 177 Å². The molecule has 0 radical (unpaired) electrons. The van der Waals surface area contributed by atoms with Crippen LogP contribution in [0.3, 0.4) is 0 Å². The molecule has 1 fully saturated rings. The van der Waals surface area contributed by atoms with Crippen LogP contribution in [0.2, 0.25) is 0 Å². The highest BCUT2D eigenvalue weighted by Gasteiger charge is 2.45. The van der Waals surface area contributed by atoms with E-state index in [1.54, 1.807) is 25.3 Å². The maximum atomic E-state index is 11.0. The number of hydrogen-bond acceptors (Lipinski definition) is 12. The number of ether oxygens (including phenoxy) is 6. The third kappa shape index (κ3) is 7.38. The second kappa shape index (κ2) is 14.4. The molecule has 216 valence electrons. The summed E-state index contributed by atoms with van der Waals surface area (Å²) >= 11 is 0. The van der Waals surface area contributed by atoms with E-state index in [-0.39, 0.29) is 11.5 Å². The monoisotopic (exact) mass is 552 g/mol. The van der Waals surface area contributed by atoms with Crippen molar-refractivity contribution in [3.8, 4) is 23.0 Å². The lowest BCUT2D eigenvalue weighted by atomic mass is 9.99. The van der Waals surface area contributed by atoms with E-state index in [1.165, 1.54) is 32.4 Å². The van der Waals surface area contributed by atoms with Gasteiger partial charge in [0.1, 0.15) is 30.5 Å². The molecule has 0 saturated carbocycles. The van der Waals surface area contributed by atoms with Crippen LogP contribution in [-0.4, -0.2) is 109 Å². The molecule has 1 heterocycles. The van der Waals surface area contributed by atoms with Gasteiger partial charge < -0.3 is 59.1 Å². The Morgan fingerprint density at radius 2 is 1.56 bits per heavy atom. The summed E-state index contributed by atoms with van der Waals surface area (Å²) in [6, 6.07) is 9.60. The van der Waals surface area contributed by atoms with Gasteiger partial charge in [-0.05, 0) is 35.4 Å². The Kier molecular flexibility index (Phi) is 11.3. The van der Waals surface area contributed by atoms with E-state index in [2.05, 4.69) is 0 Å². The Balaban J connectivity index is 1.77. The summed E-state index contributed by atoms with van der Waals surface area (Å²) < 4.78 is 32.7. The summed E-state index contributed by atoms with van der Waals surface area (Å²) in [6.07, 6.45) is -5.98. The fraction of sp³-hybridized carbons (Fsp3) is 0.481. The van der Waals surface area contributed by atoms with E-state index < -0.39 is 56.1 Å². The fourth-order valence-electron chi connectivity index (χ4n) is 4.00. The number of aliphatic hydroxyl groups excluding tert-OH is 6. The molecule has 7 atom stereocenters. The SMILES string of the molecule is COC/C=C/c1ccc(O[C@@H](CO)[C@H](O)c2ccc(O[C@@H]3O[C@H](CO)[C@@H](O)[C@H](O)[C@H]3O)c(OC)c2)c(OC)c1. The van der Waals surface area contributed by atoms with Crippen molar-refractivity contribution < 1.29 is 59.1 Å². The lowest BCUT2D eigenvalue weighted by Gasteiger charge is -2.39. The lowest BCUT2D eigenvalue weighted by molar-refractivity contribution is -0.277. The Morgan fingerprint density at radius 1 is 0.872 bits per heavy atom. The molecule has 0 amide bonds. The van der Waals surface area contributed by atoms with Gasteiger partial charge in [0.2, 0.25) is 6.29 Å². The molecule has 2 aromatic rings. The lowest BCUT2D eigenvalue weighted by Crippen LogP contribution is -2.60. The van der Waals surface area contributed by atoms with Gasteiger partial charge in [0.25, 0.3) is 0 Å². The Bertz CT molecular complexity index is 1070. The maximum Gasteiger partial charge on any atom is 0.229 e. The molecule has 0 unspecified atom stereocenters. The minimum Gasteiger partial charge on any atom is -0.493 e. The Morgan fingerprint density at radius 3 is 2.21 bits per heavy atom. The highest BCUT2D eigenvalue weighted by Crippen LogP contribution is 2.36. The van der Waals surface area contributed by atoms with E-state index in [0.29, 0.717) is 23.7 Å². The summed E-state index contributed by atoms with van der Waals surface area (Å²) in [7, 11) is 4.44. The summed E-state index contributed by atoms with van der Waals surface area (Å²) in [6.45, 7) is -0.673. The number of methoxy groups -OCH3 is 3. The van der Waals surface area contributed by atoms with E-state index in [0.717, 1.165) is 5.56 Å². The van der Waals surface area contributed by atoms with Crippen LogP contribution in [0.1, 0.15) is 17.2 Å². The predicted molar refractivity (Wildman–Crippen MR) is 138 cm³/mol. The number of hydrogen-bond donors (Lipinski definition) is 6. The van der Waals surface area contributed by atoms with Gasteiger partial charge in [0.15, 0.2) is 29.1 Å². The molecule has 1 aliphatic heterocycles. The zero-order chi connectivity index (χ0) is 28.5. The molecular formula is C27H36O12. The van der Waals surface area contributed by atoms with Crippen LogP contribution >= 0.6 is 0 Å². The molecule has 1 saturated heterocycles. The van der Waals surface area contributed by atoms with Gasteiger partial charge in [-0.2, -0.15) is 0 Å². The zero-order valence-corrected chi connectivity index (χ0v) is 21.9. The first-order valence-corrected chi connectivity index (χ1v) is 12.2. The van der Waals surface area contributed by atoms with Crippen molar-refractivity contribution in [1.82, 2.24) is 0 Å². The highest BCUT2D eigenvalue weighted by atomic mass is 16.7. The molecule has 1 aliphatic rings. The molecule has 0 spiro atoms. The van der Waals surface area contributed by atoms with E-state index >= 15 is 0 Å². The van der Waals surface area contributed by atoms with Crippen LogP contribution < -0.4 is 18.9 Å². The van der Waals surface area contributed by atoms with Crippen LogP contribution in [0.15, 0.2) is 42.5 Å². The molecule has 39 heavy (non-hydrogen) atoms. The second-order valence-electron chi connectivity index (χ2n) is 8.78. The van der Waals surface area contributed by atoms with Crippen LogP contribution in [0.5, 0.6) is 23.0 Å². The zero-order valence-electron chi connectivity index (χ0n) is 21.9. The maximum absolute atomic E-state index is 11.0. The van der Waals surface area contributed by atoms with Gasteiger partial charge in [-0.3, -0.25) is 0 Å². The minimum absolute atomic E-state index is 0.0954. The normalized spacial score (nSPS) is 24.8. The van der Waals surface area contributed by atoms with Gasteiger partial charge >= 0.3 is 0 Å². The molecular weight excluding hydrogens is 516 g/mol. The summed E-state index contributed by atoms with van der Waals surface area (Å²) in [5, 5.41) is 60.6. The molecule has 6 N–H and O–H groups in total. The summed E-state index contributed by atoms with van der Waals surface area (Å²) in [5.41, 5.74) is 1.17. The van der Waals surface area contributed by atoms with E-state index in [9.17, 15) is 30.6 Å². The van der Waals surface area contributed by atoms with Crippen molar-refractivity contribution >= 4 is 6.08 Å². The molecule has 0 aromatic heterocycles. The average molecular weight is 553 g/mol. The van der Waals surface area contributed by atoms with Crippen LogP contribution in [0.4, 0.5) is 0 Å². The van der Waals surface area contributed by atoms with Crippen LogP contribution in [0, 0.1) is 0 Å². The summed E-state index contributed by atoms with van der Waals surface area (Å²) in [5.74, 6) is 0.957. The van der Waals surface area contributed by atoms with Crippen molar-refractivity contribution in [3.63, 3.8) is 0 Å². The third-order valence-electron chi connectivity index (χ3n) is 6.19. The molecule has 0 aliphatic carbocycles. The second-order valence-corrected chi connectivity index (χ2v) is 8.78. The van der Waals surface area contributed by atoms with Crippen molar-refractivity contribution in [2.24, 2.45) is 0 Å². The van der Waals surface area contributed by atoms with Crippen molar-refractivity contribution in [3.05, 3.63) is 53.6 Å². The molecule has 3 rings (SSSR count). The number of rotatable bonds is 13. The van der Waals surface area contributed by atoms with Gasteiger partial charge in [-0.15, -0.1) is 0 Å². The van der Waals surface area contributed by atoms with Crippen molar-refractivity contribution in [1.29, 1.82) is 0 Å². The molecule has 12 nitrogen and oxygen atoms in total. The van der Waals surface area contributed by atoms with Gasteiger partial charge in [0.05, 0.1) is 34.0 Å². The van der Waals surface area contributed by atoms with Gasteiger partial charge in [0, 0.05) is 7.11 Å². The largest absolute Gasteiger partial charge is 0.493 e. The standard InChI is InChI=1S/C27H36O12/c1-34-10-4-5-15-6-8-17(19(11-15)35-2)37-21(13-28)23(30)16-7-9-18(20(12-16)36-3)38-27-26(33)25(32)24(31)22(14-29)39-27/h4-9,11-12,21-33H,10,13-14H2,1-3H3/b5-4+/t21-,22+,23+,24+,25-,26+,27+/m0/s1.